The first-order valence-electron chi connectivity index (χ1n) is 6.86. The Morgan fingerprint density at radius 3 is 2.50 bits per heavy atom. The summed E-state index contributed by atoms with van der Waals surface area (Å²) in [6, 6.07) is 3.01. The van der Waals surface area contributed by atoms with E-state index in [-0.39, 0.29) is 22.1 Å². The van der Waals surface area contributed by atoms with Crippen LogP contribution in [0.5, 0.6) is 5.75 Å². The Morgan fingerprint density at radius 2 is 2.00 bits per heavy atom. The second kappa shape index (κ2) is 6.87. The van der Waals surface area contributed by atoms with Gasteiger partial charge in [0.25, 0.3) is 0 Å². The molecule has 0 spiro atoms. The van der Waals surface area contributed by atoms with Crippen molar-refractivity contribution in [3.05, 3.63) is 18.2 Å². The average Bonchev–Trinajstić information content (AvgIpc) is 2.69. The van der Waals surface area contributed by atoms with Crippen LogP contribution in [0.1, 0.15) is 6.92 Å². The lowest BCUT2D eigenvalue weighted by Crippen LogP contribution is -2.40. The Labute approximate surface area is 145 Å². The van der Waals surface area contributed by atoms with E-state index in [0.29, 0.717) is 5.75 Å². The zero-order valence-corrected chi connectivity index (χ0v) is 15.3. The Hall–Kier alpha value is -1.36. The number of anilines is 1. The zero-order chi connectivity index (χ0) is 18.1. The summed E-state index contributed by atoms with van der Waals surface area (Å²) in [7, 11) is -6.00. The van der Waals surface area contributed by atoms with Crippen molar-refractivity contribution >= 4 is 43.1 Å². The number of sulfonamides is 1. The van der Waals surface area contributed by atoms with Crippen LogP contribution in [0.3, 0.4) is 0 Å². The molecule has 0 saturated carbocycles. The molecule has 2 N–H and O–H groups in total. The molecule has 11 heteroatoms. The van der Waals surface area contributed by atoms with Gasteiger partial charge in [0, 0.05) is 6.92 Å². The summed E-state index contributed by atoms with van der Waals surface area (Å²) in [4.78, 5) is 11.1. The standard InChI is InChI=1S/C13H17ClN2O6S2/c1-8(17)15-11-5-9(3-4-13(11)22-2)24(20,21)16-12-7-23(18,19)6-10(12)14/h3-5,10,12,16H,6-7H2,1-2H3,(H,15,17)/t10-,12+/m1/s1. The number of carbonyl (C=O) groups is 1. The second-order valence-electron chi connectivity index (χ2n) is 5.36. The van der Waals surface area contributed by atoms with Crippen molar-refractivity contribution < 1.29 is 26.4 Å². The number of benzene rings is 1. The van der Waals surface area contributed by atoms with E-state index in [2.05, 4.69) is 10.0 Å². The predicted molar refractivity (Wildman–Crippen MR) is 89.7 cm³/mol. The molecule has 24 heavy (non-hydrogen) atoms. The molecule has 134 valence electrons. The lowest BCUT2D eigenvalue weighted by Gasteiger charge is -2.16. The van der Waals surface area contributed by atoms with Crippen LogP contribution in [0.2, 0.25) is 0 Å². The third kappa shape index (κ3) is 4.38. The average molecular weight is 397 g/mol. The summed E-state index contributed by atoms with van der Waals surface area (Å²) >= 11 is 5.92. The van der Waals surface area contributed by atoms with Crippen LogP contribution < -0.4 is 14.8 Å². The van der Waals surface area contributed by atoms with Crippen LogP contribution in [0.25, 0.3) is 0 Å². The summed E-state index contributed by atoms with van der Waals surface area (Å²) in [5, 5.41) is 1.64. The summed E-state index contributed by atoms with van der Waals surface area (Å²) in [6.07, 6.45) is 0. The number of hydrogen-bond donors (Lipinski definition) is 2. The monoisotopic (exact) mass is 396 g/mol. The smallest absolute Gasteiger partial charge is 0.240 e. The van der Waals surface area contributed by atoms with Crippen LogP contribution in [0, 0.1) is 0 Å². The third-order valence-corrected chi connectivity index (χ3v) is 7.24. The van der Waals surface area contributed by atoms with Gasteiger partial charge in [-0.25, -0.2) is 21.6 Å². The fraction of sp³-hybridized carbons (Fsp3) is 0.462. The van der Waals surface area contributed by atoms with Crippen molar-refractivity contribution in [1.82, 2.24) is 4.72 Å². The number of rotatable bonds is 5. The van der Waals surface area contributed by atoms with E-state index in [0.717, 1.165) is 0 Å². The number of halogens is 1. The maximum atomic E-state index is 12.5. The summed E-state index contributed by atoms with van der Waals surface area (Å²) in [6.45, 7) is 1.28. The molecule has 8 nitrogen and oxygen atoms in total. The van der Waals surface area contributed by atoms with E-state index in [4.69, 9.17) is 16.3 Å². The highest BCUT2D eigenvalue weighted by Crippen LogP contribution is 2.28. The first kappa shape index (κ1) is 19.0. The largest absolute Gasteiger partial charge is 0.495 e. The van der Waals surface area contributed by atoms with Crippen molar-refractivity contribution in [3.63, 3.8) is 0 Å². The Balaban J connectivity index is 2.31. The van der Waals surface area contributed by atoms with Gasteiger partial charge in [-0.1, -0.05) is 0 Å². The van der Waals surface area contributed by atoms with Crippen LogP contribution in [0.4, 0.5) is 5.69 Å². The molecule has 0 bridgehead atoms. The predicted octanol–water partition coefficient (Wildman–Crippen LogP) is 0.336. The topological polar surface area (TPSA) is 119 Å². The van der Waals surface area contributed by atoms with Crippen LogP contribution >= 0.6 is 11.6 Å². The highest BCUT2D eigenvalue weighted by atomic mass is 35.5. The van der Waals surface area contributed by atoms with Gasteiger partial charge < -0.3 is 10.1 Å². The lowest BCUT2D eigenvalue weighted by atomic mass is 10.3. The fourth-order valence-corrected chi connectivity index (χ4v) is 6.35. The van der Waals surface area contributed by atoms with E-state index >= 15 is 0 Å². The van der Waals surface area contributed by atoms with Gasteiger partial charge in [-0.15, -0.1) is 11.6 Å². The highest BCUT2D eigenvalue weighted by molar-refractivity contribution is 7.92. The van der Waals surface area contributed by atoms with Gasteiger partial charge >= 0.3 is 0 Å². The van der Waals surface area contributed by atoms with Gasteiger partial charge in [0.1, 0.15) is 5.75 Å². The molecule has 0 unspecified atom stereocenters. The number of amides is 1. The third-order valence-electron chi connectivity index (χ3n) is 3.38. The Morgan fingerprint density at radius 1 is 1.33 bits per heavy atom. The van der Waals surface area contributed by atoms with E-state index in [1.54, 1.807) is 0 Å². The highest BCUT2D eigenvalue weighted by Gasteiger charge is 2.39. The molecule has 0 aromatic heterocycles. The molecule has 1 heterocycles. The van der Waals surface area contributed by atoms with E-state index in [1.165, 1.54) is 32.2 Å². The van der Waals surface area contributed by atoms with Crippen molar-refractivity contribution in [2.75, 3.05) is 23.9 Å². The van der Waals surface area contributed by atoms with Gasteiger partial charge in [-0.3, -0.25) is 4.79 Å². The van der Waals surface area contributed by atoms with Crippen molar-refractivity contribution in [1.29, 1.82) is 0 Å². The SMILES string of the molecule is COc1ccc(S(=O)(=O)N[C@H]2CS(=O)(=O)C[C@H]2Cl)cc1NC(C)=O. The Bertz CT molecular complexity index is 853. The summed E-state index contributed by atoms with van der Waals surface area (Å²) in [5.74, 6) is -0.724. The molecular weight excluding hydrogens is 380 g/mol. The van der Waals surface area contributed by atoms with Crippen LogP contribution in [-0.2, 0) is 24.7 Å². The number of carbonyl (C=O) groups excluding carboxylic acids is 1. The van der Waals surface area contributed by atoms with Crippen molar-refractivity contribution in [2.45, 2.75) is 23.2 Å². The zero-order valence-electron chi connectivity index (χ0n) is 12.9. The van der Waals surface area contributed by atoms with Gasteiger partial charge in [0.15, 0.2) is 9.84 Å². The van der Waals surface area contributed by atoms with E-state index < -0.39 is 37.2 Å². The Kier molecular flexibility index (Phi) is 5.43. The minimum Gasteiger partial charge on any atom is -0.495 e. The van der Waals surface area contributed by atoms with Gasteiger partial charge in [0.2, 0.25) is 15.9 Å². The molecule has 1 saturated heterocycles. The first-order chi connectivity index (χ1) is 11.0. The number of nitrogens with one attached hydrogen (secondary N) is 2. The second-order valence-corrected chi connectivity index (χ2v) is 9.79. The molecule has 1 aromatic rings. The molecular formula is C13H17ClN2O6S2. The number of ether oxygens (including phenoxy) is 1. The molecule has 2 rings (SSSR count). The minimum absolute atomic E-state index is 0.139. The summed E-state index contributed by atoms with van der Waals surface area (Å²) < 4.78 is 55.4. The molecule has 1 fully saturated rings. The number of hydrogen-bond acceptors (Lipinski definition) is 6. The molecule has 0 aliphatic carbocycles. The van der Waals surface area contributed by atoms with E-state index in [1.807, 2.05) is 0 Å². The fourth-order valence-electron chi connectivity index (χ4n) is 2.32. The molecule has 0 radical (unpaired) electrons. The van der Waals surface area contributed by atoms with Gasteiger partial charge in [-0.2, -0.15) is 0 Å². The van der Waals surface area contributed by atoms with Gasteiger partial charge in [-0.05, 0) is 18.2 Å². The number of sulfone groups is 1. The summed E-state index contributed by atoms with van der Waals surface area (Å²) in [5.41, 5.74) is 0.189. The molecule has 1 amide bonds. The molecule has 1 aliphatic heterocycles. The van der Waals surface area contributed by atoms with Crippen LogP contribution in [-0.4, -0.2) is 52.8 Å². The maximum Gasteiger partial charge on any atom is 0.240 e. The number of methoxy groups -OCH3 is 1. The number of alkyl halides is 1. The maximum absolute atomic E-state index is 12.5. The normalized spacial score (nSPS) is 23.0. The minimum atomic E-state index is -4.02. The first-order valence-corrected chi connectivity index (χ1v) is 10.6. The van der Waals surface area contributed by atoms with Crippen molar-refractivity contribution in [3.8, 4) is 5.75 Å². The van der Waals surface area contributed by atoms with Crippen LogP contribution in [0.15, 0.2) is 23.1 Å². The van der Waals surface area contributed by atoms with Gasteiger partial charge in [0.05, 0.1) is 40.6 Å². The van der Waals surface area contributed by atoms with Crippen molar-refractivity contribution in [2.24, 2.45) is 0 Å². The lowest BCUT2D eigenvalue weighted by molar-refractivity contribution is -0.114. The van der Waals surface area contributed by atoms with E-state index in [9.17, 15) is 21.6 Å². The molecule has 1 aliphatic rings. The molecule has 1 aromatic carbocycles. The molecule has 2 atom stereocenters. The quantitative estimate of drug-likeness (QED) is 0.692.